The van der Waals surface area contributed by atoms with Crippen molar-refractivity contribution in [3.8, 4) is 11.3 Å². The first kappa shape index (κ1) is 14.4. The standard InChI is InChI=1S/C16H19N5O/c1-10-8-13(12-5-6-15(17)18-9-12)20-16(19-10)14-4-3-7-21(14)11(2)22/h5-6,8-9,14H,3-4,7H2,1-2H3,(H2,17,18). The van der Waals surface area contributed by atoms with E-state index in [1.165, 1.54) is 0 Å². The van der Waals surface area contributed by atoms with Gasteiger partial charge in [0, 0.05) is 30.9 Å². The van der Waals surface area contributed by atoms with Gasteiger partial charge in [0.15, 0.2) is 5.82 Å². The Balaban J connectivity index is 1.99. The van der Waals surface area contributed by atoms with E-state index in [4.69, 9.17) is 5.73 Å². The molecule has 0 bridgehead atoms. The first-order valence-electron chi connectivity index (χ1n) is 7.39. The van der Waals surface area contributed by atoms with Gasteiger partial charge >= 0.3 is 0 Å². The number of aryl methyl sites for hydroxylation is 1. The van der Waals surface area contributed by atoms with Gasteiger partial charge in [0.25, 0.3) is 0 Å². The third-order valence-corrected chi connectivity index (χ3v) is 3.91. The summed E-state index contributed by atoms with van der Waals surface area (Å²) in [5.74, 6) is 1.26. The molecule has 0 aromatic carbocycles. The van der Waals surface area contributed by atoms with Gasteiger partial charge in [-0.1, -0.05) is 0 Å². The molecule has 0 radical (unpaired) electrons. The molecule has 1 aliphatic rings. The van der Waals surface area contributed by atoms with Crippen LogP contribution in [0.3, 0.4) is 0 Å². The number of nitrogens with zero attached hydrogens (tertiary/aromatic N) is 4. The molecule has 3 rings (SSSR count). The number of aromatic nitrogens is 3. The number of nitrogen functional groups attached to an aromatic ring is 1. The number of anilines is 1. The van der Waals surface area contributed by atoms with Crippen LogP contribution in [0, 0.1) is 6.92 Å². The molecule has 0 spiro atoms. The van der Waals surface area contributed by atoms with Gasteiger partial charge in [-0.25, -0.2) is 15.0 Å². The Hall–Kier alpha value is -2.50. The Bertz CT molecular complexity index is 698. The lowest BCUT2D eigenvalue weighted by molar-refractivity contribution is -0.129. The van der Waals surface area contributed by atoms with Crippen molar-refractivity contribution >= 4 is 11.7 Å². The quantitative estimate of drug-likeness (QED) is 0.917. The van der Waals surface area contributed by atoms with Gasteiger partial charge in [0.1, 0.15) is 5.82 Å². The highest BCUT2D eigenvalue weighted by molar-refractivity contribution is 5.74. The molecule has 1 atom stereocenters. The lowest BCUT2D eigenvalue weighted by atomic mass is 10.1. The molecule has 6 heteroatoms. The minimum atomic E-state index is -0.0297. The molecule has 114 valence electrons. The van der Waals surface area contributed by atoms with Gasteiger partial charge < -0.3 is 10.6 Å². The summed E-state index contributed by atoms with van der Waals surface area (Å²) >= 11 is 0. The number of carbonyl (C=O) groups excluding carboxylic acids is 1. The first-order chi connectivity index (χ1) is 10.5. The maximum atomic E-state index is 11.8. The smallest absolute Gasteiger partial charge is 0.220 e. The lowest BCUT2D eigenvalue weighted by Gasteiger charge is -2.22. The van der Waals surface area contributed by atoms with E-state index in [2.05, 4.69) is 15.0 Å². The third-order valence-electron chi connectivity index (χ3n) is 3.91. The van der Waals surface area contributed by atoms with Gasteiger partial charge in [-0.05, 0) is 38.0 Å². The largest absolute Gasteiger partial charge is 0.384 e. The lowest BCUT2D eigenvalue weighted by Crippen LogP contribution is -2.29. The molecule has 1 amide bonds. The van der Waals surface area contributed by atoms with Crippen molar-refractivity contribution < 1.29 is 4.79 Å². The van der Waals surface area contributed by atoms with Gasteiger partial charge in [-0.3, -0.25) is 4.79 Å². The van der Waals surface area contributed by atoms with Crippen LogP contribution < -0.4 is 5.73 Å². The first-order valence-corrected chi connectivity index (χ1v) is 7.39. The summed E-state index contributed by atoms with van der Waals surface area (Å²) in [5, 5.41) is 0. The van der Waals surface area contributed by atoms with Crippen LogP contribution in [-0.4, -0.2) is 32.3 Å². The zero-order chi connectivity index (χ0) is 15.7. The molecule has 2 aromatic heterocycles. The van der Waals surface area contributed by atoms with Crippen molar-refractivity contribution in [1.82, 2.24) is 19.9 Å². The number of hydrogen-bond acceptors (Lipinski definition) is 5. The molecule has 2 aromatic rings. The van der Waals surface area contributed by atoms with Crippen molar-refractivity contribution in [2.45, 2.75) is 32.7 Å². The van der Waals surface area contributed by atoms with Crippen LogP contribution in [0.1, 0.15) is 37.3 Å². The van der Waals surface area contributed by atoms with E-state index < -0.39 is 0 Å². The van der Waals surface area contributed by atoms with Crippen LogP contribution in [0.15, 0.2) is 24.4 Å². The molecular formula is C16H19N5O. The van der Waals surface area contributed by atoms with Crippen LogP contribution in [0.25, 0.3) is 11.3 Å². The third kappa shape index (κ3) is 2.77. The van der Waals surface area contributed by atoms with Crippen LogP contribution >= 0.6 is 0 Å². The number of hydrogen-bond donors (Lipinski definition) is 1. The zero-order valence-corrected chi connectivity index (χ0v) is 12.8. The van der Waals surface area contributed by atoms with Crippen LogP contribution in [0.5, 0.6) is 0 Å². The monoisotopic (exact) mass is 297 g/mol. The fourth-order valence-corrected chi connectivity index (χ4v) is 2.86. The van der Waals surface area contributed by atoms with Gasteiger partial charge in [-0.2, -0.15) is 0 Å². The fourth-order valence-electron chi connectivity index (χ4n) is 2.86. The van der Waals surface area contributed by atoms with E-state index in [1.54, 1.807) is 19.2 Å². The molecule has 1 saturated heterocycles. The highest BCUT2D eigenvalue weighted by Gasteiger charge is 2.30. The second-order valence-corrected chi connectivity index (χ2v) is 5.59. The maximum Gasteiger partial charge on any atom is 0.220 e. The molecule has 1 unspecified atom stereocenters. The molecule has 1 aliphatic heterocycles. The van der Waals surface area contributed by atoms with E-state index >= 15 is 0 Å². The summed E-state index contributed by atoms with van der Waals surface area (Å²) in [5.41, 5.74) is 8.22. The molecular weight excluding hydrogens is 278 g/mol. The summed E-state index contributed by atoms with van der Waals surface area (Å²) in [6, 6.07) is 5.54. The Labute approximate surface area is 129 Å². The summed E-state index contributed by atoms with van der Waals surface area (Å²) in [4.78, 5) is 26.9. The topological polar surface area (TPSA) is 85.0 Å². The Morgan fingerprint density at radius 1 is 1.36 bits per heavy atom. The summed E-state index contributed by atoms with van der Waals surface area (Å²) < 4.78 is 0. The number of likely N-dealkylation sites (tertiary alicyclic amines) is 1. The Morgan fingerprint density at radius 3 is 2.86 bits per heavy atom. The summed E-state index contributed by atoms with van der Waals surface area (Å²) in [6.45, 7) is 4.31. The minimum Gasteiger partial charge on any atom is -0.384 e. The number of rotatable bonds is 2. The van der Waals surface area contributed by atoms with Crippen molar-refractivity contribution in [3.63, 3.8) is 0 Å². The van der Waals surface area contributed by atoms with E-state index in [1.807, 2.05) is 24.0 Å². The van der Waals surface area contributed by atoms with E-state index in [-0.39, 0.29) is 11.9 Å². The normalized spacial score (nSPS) is 17.7. The van der Waals surface area contributed by atoms with Crippen molar-refractivity contribution in [2.24, 2.45) is 0 Å². The average molecular weight is 297 g/mol. The van der Waals surface area contributed by atoms with Gasteiger partial charge in [0.05, 0.1) is 11.7 Å². The summed E-state index contributed by atoms with van der Waals surface area (Å²) in [7, 11) is 0. The highest BCUT2D eigenvalue weighted by atomic mass is 16.2. The van der Waals surface area contributed by atoms with Crippen LogP contribution in [0.4, 0.5) is 5.82 Å². The Morgan fingerprint density at radius 2 is 2.18 bits per heavy atom. The summed E-state index contributed by atoms with van der Waals surface area (Å²) in [6.07, 6.45) is 3.60. The van der Waals surface area contributed by atoms with Crippen LogP contribution in [-0.2, 0) is 4.79 Å². The van der Waals surface area contributed by atoms with Gasteiger partial charge in [-0.15, -0.1) is 0 Å². The zero-order valence-electron chi connectivity index (χ0n) is 12.8. The molecule has 3 heterocycles. The molecule has 22 heavy (non-hydrogen) atoms. The number of carbonyl (C=O) groups is 1. The average Bonchev–Trinajstić information content (AvgIpc) is 2.97. The minimum absolute atomic E-state index is 0.0297. The molecule has 2 N–H and O–H groups in total. The SMILES string of the molecule is CC(=O)N1CCCC1c1nc(C)cc(-c2ccc(N)nc2)n1. The van der Waals surface area contributed by atoms with Crippen molar-refractivity contribution in [2.75, 3.05) is 12.3 Å². The molecule has 6 nitrogen and oxygen atoms in total. The van der Waals surface area contributed by atoms with E-state index in [0.717, 1.165) is 36.3 Å². The Kier molecular flexibility index (Phi) is 3.75. The van der Waals surface area contributed by atoms with Gasteiger partial charge in [0.2, 0.25) is 5.91 Å². The van der Waals surface area contributed by atoms with E-state index in [9.17, 15) is 4.79 Å². The van der Waals surface area contributed by atoms with Crippen LogP contribution in [0.2, 0.25) is 0 Å². The number of pyridine rings is 1. The highest BCUT2D eigenvalue weighted by Crippen LogP contribution is 2.31. The molecule has 0 aliphatic carbocycles. The van der Waals surface area contributed by atoms with Crippen molar-refractivity contribution in [3.05, 3.63) is 35.9 Å². The molecule has 0 saturated carbocycles. The molecule has 1 fully saturated rings. The fraction of sp³-hybridized carbons (Fsp3) is 0.375. The van der Waals surface area contributed by atoms with E-state index in [0.29, 0.717) is 11.6 Å². The second kappa shape index (κ2) is 5.71. The predicted molar refractivity (Wildman–Crippen MR) is 83.8 cm³/mol. The number of nitrogens with two attached hydrogens (primary N) is 1. The number of amides is 1. The van der Waals surface area contributed by atoms with Crippen molar-refractivity contribution in [1.29, 1.82) is 0 Å². The second-order valence-electron chi connectivity index (χ2n) is 5.59. The predicted octanol–water partition coefficient (Wildman–Crippen LogP) is 2.11. The maximum absolute atomic E-state index is 11.8.